The maximum absolute atomic E-state index is 11.0. The van der Waals surface area contributed by atoms with Crippen molar-refractivity contribution in [1.82, 2.24) is 4.90 Å². The van der Waals surface area contributed by atoms with Gasteiger partial charge in [0.15, 0.2) is 5.75 Å². The minimum atomic E-state index is -0.605. The summed E-state index contributed by atoms with van der Waals surface area (Å²) >= 11 is 0. The molecule has 21 heavy (non-hydrogen) atoms. The lowest BCUT2D eigenvalue weighted by Crippen LogP contribution is -2.44. The van der Waals surface area contributed by atoms with E-state index in [1.54, 1.807) is 6.07 Å². The zero-order chi connectivity index (χ0) is 15.6. The van der Waals surface area contributed by atoms with Gasteiger partial charge in [-0.2, -0.15) is 0 Å². The van der Waals surface area contributed by atoms with Gasteiger partial charge in [0.05, 0.1) is 24.2 Å². The standard InChI is InChI=1S/C14H20N2O5/c1-9-6-15(7-10(2)21-9)8-11-4-12(16(18)19)14(17)13(5-11)20-3/h4-5,9-10,17H,6-8H2,1-3H3/t9-,10+. The number of methoxy groups -OCH3 is 1. The highest BCUT2D eigenvalue weighted by Gasteiger charge is 2.24. The molecule has 2 rings (SSSR count). The molecule has 1 heterocycles. The fourth-order valence-corrected chi connectivity index (χ4v) is 2.71. The van der Waals surface area contributed by atoms with Gasteiger partial charge in [-0.05, 0) is 25.5 Å². The summed E-state index contributed by atoms with van der Waals surface area (Å²) in [5.41, 5.74) is 0.399. The molecule has 7 nitrogen and oxygen atoms in total. The summed E-state index contributed by atoms with van der Waals surface area (Å²) in [6, 6.07) is 3.02. The number of phenolic OH excluding ortho intramolecular Hbond substituents is 1. The second-order valence-corrected chi connectivity index (χ2v) is 5.37. The van der Waals surface area contributed by atoms with Gasteiger partial charge in [-0.3, -0.25) is 15.0 Å². The highest BCUT2D eigenvalue weighted by atomic mass is 16.6. The van der Waals surface area contributed by atoms with Gasteiger partial charge in [-0.1, -0.05) is 0 Å². The molecular formula is C14H20N2O5. The monoisotopic (exact) mass is 296 g/mol. The van der Waals surface area contributed by atoms with Gasteiger partial charge < -0.3 is 14.6 Å². The summed E-state index contributed by atoms with van der Waals surface area (Å²) in [4.78, 5) is 12.6. The van der Waals surface area contributed by atoms with Crippen LogP contribution in [-0.4, -0.2) is 47.3 Å². The van der Waals surface area contributed by atoms with Gasteiger partial charge in [-0.15, -0.1) is 0 Å². The highest BCUT2D eigenvalue weighted by molar-refractivity contribution is 5.57. The summed E-state index contributed by atoms with van der Waals surface area (Å²) in [5.74, 6) is -0.316. The van der Waals surface area contributed by atoms with Crippen molar-refractivity contribution in [3.05, 3.63) is 27.8 Å². The van der Waals surface area contributed by atoms with Crippen LogP contribution in [0, 0.1) is 10.1 Å². The van der Waals surface area contributed by atoms with Gasteiger partial charge in [-0.25, -0.2) is 0 Å². The summed E-state index contributed by atoms with van der Waals surface area (Å²) in [7, 11) is 1.38. The third-order valence-electron chi connectivity index (χ3n) is 3.43. The van der Waals surface area contributed by atoms with Crippen LogP contribution in [-0.2, 0) is 11.3 Å². The van der Waals surface area contributed by atoms with Crippen LogP contribution in [0.25, 0.3) is 0 Å². The number of nitrogens with zero attached hydrogens (tertiary/aromatic N) is 2. The lowest BCUT2D eigenvalue weighted by atomic mass is 10.1. The number of nitro benzene ring substituents is 1. The zero-order valence-electron chi connectivity index (χ0n) is 12.4. The summed E-state index contributed by atoms with van der Waals surface area (Å²) in [6.07, 6.45) is 0.255. The molecule has 1 aromatic rings. The van der Waals surface area contributed by atoms with Crippen LogP contribution in [0.4, 0.5) is 5.69 Å². The van der Waals surface area contributed by atoms with Gasteiger partial charge >= 0.3 is 5.69 Å². The fraction of sp³-hybridized carbons (Fsp3) is 0.571. The molecule has 0 amide bonds. The Hall–Kier alpha value is -1.86. The van der Waals surface area contributed by atoms with E-state index < -0.39 is 10.7 Å². The molecule has 1 aromatic carbocycles. The van der Waals surface area contributed by atoms with E-state index in [1.807, 2.05) is 13.8 Å². The van der Waals surface area contributed by atoms with Crippen LogP contribution in [0.3, 0.4) is 0 Å². The molecule has 7 heteroatoms. The maximum atomic E-state index is 11.0. The van der Waals surface area contributed by atoms with E-state index in [9.17, 15) is 15.2 Å². The van der Waals surface area contributed by atoms with Crippen molar-refractivity contribution in [3.8, 4) is 11.5 Å². The number of phenols is 1. The first-order valence-electron chi connectivity index (χ1n) is 6.82. The summed E-state index contributed by atoms with van der Waals surface area (Å²) in [6.45, 7) is 6.09. The van der Waals surface area contributed by atoms with Crippen LogP contribution in [0.5, 0.6) is 11.5 Å². The molecule has 1 aliphatic rings. The maximum Gasteiger partial charge on any atom is 0.314 e. The number of hydrogen-bond donors (Lipinski definition) is 1. The quantitative estimate of drug-likeness (QED) is 0.675. The molecule has 0 unspecified atom stereocenters. The number of nitro groups is 1. The predicted octanol–water partition coefficient (Wildman–Crippen LogP) is 1.92. The lowest BCUT2D eigenvalue weighted by molar-refractivity contribution is -0.386. The lowest BCUT2D eigenvalue weighted by Gasteiger charge is -2.35. The molecule has 1 aliphatic heterocycles. The molecule has 0 radical (unpaired) electrons. The Morgan fingerprint density at radius 2 is 2.05 bits per heavy atom. The van der Waals surface area contributed by atoms with Gasteiger partial charge in [0.2, 0.25) is 5.75 Å². The second kappa shape index (κ2) is 6.28. The molecule has 0 saturated carbocycles. The van der Waals surface area contributed by atoms with E-state index in [0.717, 1.165) is 18.7 Å². The average Bonchev–Trinajstić information content (AvgIpc) is 2.39. The minimum Gasteiger partial charge on any atom is -0.500 e. The third-order valence-corrected chi connectivity index (χ3v) is 3.43. The number of hydrogen-bond acceptors (Lipinski definition) is 6. The largest absolute Gasteiger partial charge is 0.500 e. The highest BCUT2D eigenvalue weighted by Crippen LogP contribution is 2.37. The first-order chi connectivity index (χ1) is 9.90. The zero-order valence-corrected chi connectivity index (χ0v) is 12.4. The first-order valence-corrected chi connectivity index (χ1v) is 6.82. The van der Waals surface area contributed by atoms with Crippen molar-refractivity contribution in [1.29, 1.82) is 0 Å². The molecule has 0 aliphatic carbocycles. The fourth-order valence-electron chi connectivity index (χ4n) is 2.71. The SMILES string of the molecule is COc1cc(CN2C[C@@H](C)O[C@@H](C)C2)cc([N+](=O)[O-])c1O. The first kappa shape index (κ1) is 15.5. The van der Waals surface area contributed by atoms with Crippen LogP contribution in [0.1, 0.15) is 19.4 Å². The molecule has 1 saturated heterocycles. The van der Waals surface area contributed by atoms with Crippen molar-refractivity contribution in [3.63, 3.8) is 0 Å². The second-order valence-electron chi connectivity index (χ2n) is 5.37. The van der Waals surface area contributed by atoms with Crippen molar-refractivity contribution in [2.75, 3.05) is 20.2 Å². The van der Waals surface area contributed by atoms with E-state index in [-0.39, 0.29) is 23.6 Å². The topological polar surface area (TPSA) is 85.1 Å². The predicted molar refractivity (Wildman–Crippen MR) is 76.6 cm³/mol. The van der Waals surface area contributed by atoms with Crippen LogP contribution in [0.15, 0.2) is 12.1 Å². The smallest absolute Gasteiger partial charge is 0.314 e. The minimum absolute atomic E-state index is 0.119. The number of ether oxygens (including phenoxy) is 2. The number of rotatable bonds is 4. The van der Waals surface area contributed by atoms with E-state index in [4.69, 9.17) is 9.47 Å². The Balaban J connectivity index is 2.23. The molecule has 2 atom stereocenters. The van der Waals surface area contributed by atoms with Crippen molar-refractivity contribution in [2.24, 2.45) is 0 Å². The van der Waals surface area contributed by atoms with Crippen molar-refractivity contribution in [2.45, 2.75) is 32.6 Å². The van der Waals surface area contributed by atoms with Crippen molar-refractivity contribution >= 4 is 5.69 Å². The molecule has 0 aromatic heterocycles. The third kappa shape index (κ3) is 3.62. The molecule has 1 N–H and O–H groups in total. The average molecular weight is 296 g/mol. The Morgan fingerprint density at radius 3 is 2.57 bits per heavy atom. The van der Waals surface area contributed by atoms with Gasteiger partial charge in [0, 0.05) is 25.7 Å². The van der Waals surface area contributed by atoms with Gasteiger partial charge in [0.25, 0.3) is 0 Å². The molecule has 0 spiro atoms. The Bertz CT molecular complexity index is 524. The van der Waals surface area contributed by atoms with Crippen LogP contribution < -0.4 is 4.74 Å². The Kier molecular flexibility index (Phi) is 4.64. The van der Waals surface area contributed by atoms with Crippen LogP contribution in [0.2, 0.25) is 0 Å². The Labute approximate surface area is 123 Å². The molecule has 1 fully saturated rings. The summed E-state index contributed by atoms with van der Waals surface area (Å²) in [5, 5.41) is 20.8. The number of benzene rings is 1. The number of morpholine rings is 1. The number of aromatic hydroxyl groups is 1. The Morgan fingerprint density at radius 1 is 1.43 bits per heavy atom. The molecule has 116 valence electrons. The van der Waals surface area contributed by atoms with E-state index >= 15 is 0 Å². The van der Waals surface area contributed by atoms with E-state index in [0.29, 0.717) is 6.54 Å². The van der Waals surface area contributed by atoms with E-state index in [2.05, 4.69) is 4.90 Å². The molecule has 0 bridgehead atoms. The molecular weight excluding hydrogens is 276 g/mol. The van der Waals surface area contributed by atoms with Gasteiger partial charge in [0.1, 0.15) is 0 Å². The normalized spacial score (nSPS) is 23.0. The van der Waals surface area contributed by atoms with Crippen LogP contribution >= 0.6 is 0 Å². The van der Waals surface area contributed by atoms with E-state index in [1.165, 1.54) is 13.2 Å². The summed E-state index contributed by atoms with van der Waals surface area (Å²) < 4.78 is 10.7. The van der Waals surface area contributed by atoms with Crippen molar-refractivity contribution < 1.29 is 19.5 Å².